The van der Waals surface area contributed by atoms with Crippen molar-refractivity contribution in [2.24, 2.45) is 5.73 Å². The van der Waals surface area contributed by atoms with Crippen molar-refractivity contribution in [2.75, 3.05) is 47.3 Å². The Morgan fingerprint density at radius 3 is 2.52 bits per heavy atom. The Morgan fingerprint density at radius 1 is 1.10 bits per heavy atom. The third kappa shape index (κ3) is 6.86. The summed E-state index contributed by atoms with van der Waals surface area (Å²) >= 11 is 0. The maximum Gasteiger partial charge on any atom is 0.165 e. The zero-order valence-electron chi connectivity index (χ0n) is 12.6. The van der Waals surface area contributed by atoms with Gasteiger partial charge in [0, 0.05) is 20.3 Å². The molecule has 0 aliphatic carbocycles. The van der Waals surface area contributed by atoms with E-state index in [-0.39, 0.29) is 11.8 Å². The molecule has 1 aromatic carbocycles. The van der Waals surface area contributed by atoms with Crippen molar-refractivity contribution in [3.63, 3.8) is 0 Å². The van der Waals surface area contributed by atoms with Gasteiger partial charge in [-0.15, -0.1) is 0 Å². The topological polar surface area (TPSA) is 62.9 Å². The smallest absolute Gasteiger partial charge is 0.165 e. The molecule has 0 aliphatic rings. The highest BCUT2D eigenvalue weighted by molar-refractivity contribution is 5.30. The molecule has 1 rings (SSSR count). The largest absolute Gasteiger partial charge is 0.494 e. The van der Waals surface area contributed by atoms with E-state index in [1.165, 1.54) is 13.2 Å². The van der Waals surface area contributed by atoms with Crippen molar-refractivity contribution in [3.8, 4) is 5.75 Å². The normalized spacial score (nSPS) is 12.4. The molecule has 0 saturated heterocycles. The molecule has 1 unspecified atom stereocenters. The minimum atomic E-state index is -0.424. The monoisotopic (exact) mass is 301 g/mol. The van der Waals surface area contributed by atoms with Gasteiger partial charge in [0.1, 0.15) is 0 Å². The number of methoxy groups -OCH3 is 2. The quantitative estimate of drug-likeness (QED) is 0.633. The van der Waals surface area contributed by atoms with Crippen LogP contribution in [0.2, 0.25) is 0 Å². The van der Waals surface area contributed by atoms with Crippen LogP contribution in [0.1, 0.15) is 18.0 Å². The summed E-state index contributed by atoms with van der Waals surface area (Å²) in [7, 11) is 3.08. The van der Waals surface area contributed by atoms with Crippen molar-refractivity contribution < 1.29 is 23.3 Å². The lowest BCUT2D eigenvalue weighted by atomic mass is 10.1. The van der Waals surface area contributed by atoms with Gasteiger partial charge >= 0.3 is 0 Å². The number of benzene rings is 1. The highest BCUT2D eigenvalue weighted by Crippen LogP contribution is 2.20. The van der Waals surface area contributed by atoms with Gasteiger partial charge in [-0.05, 0) is 24.1 Å². The summed E-state index contributed by atoms with van der Waals surface area (Å²) in [5.41, 5.74) is 6.62. The van der Waals surface area contributed by atoms with Gasteiger partial charge in [0.15, 0.2) is 11.6 Å². The number of hydrogen-bond acceptors (Lipinski definition) is 5. The van der Waals surface area contributed by atoms with E-state index >= 15 is 0 Å². The van der Waals surface area contributed by atoms with Gasteiger partial charge in [-0.3, -0.25) is 0 Å². The lowest BCUT2D eigenvalue weighted by Crippen LogP contribution is -2.19. The lowest BCUT2D eigenvalue weighted by Gasteiger charge is -2.13. The number of rotatable bonds is 11. The van der Waals surface area contributed by atoms with Crippen LogP contribution in [0.5, 0.6) is 5.75 Å². The van der Waals surface area contributed by atoms with E-state index in [0.29, 0.717) is 38.6 Å². The van der Waals surface area contributed by atoms with Crippen molar-refractivity contribution in [2.45, 2.75) is 12.5 Å². The fourth-order valence-electron chi connectivity index (χ4n) is 1.75. The second kappa shape index (κ2) is 10.5. The minimum absolute atomic E-state index is 0.205. The van der Waals surface area contributed by atoms with Crippen LogP contribution in [0.15, 0.2) is 18.2 Å². The summed E-state index contributed by atoms with van der Waals surface area (Å²) in [4.78, 5) is 0. The Balaban J connectivity index is 2.19. The molecule has 1 atom stereocenters. The second-order valence-electron chi connectivity index (χ2n) is 4.53. The summed E-state index contributed by atoms with van der Waals surface area (Å²) < 4.78 is 34.1. The van der Waals surface area contributed by atoms with Crippen LogP contribution in [0.4, 0.5) is 4.39 Å². The summed E-state index contributed by atoms with van der Waals surface area (Å²) in [6.07, 6.45) is 0.862. The molecule has 0 heterocycles. The first-order valence-corrected chi connectivity index (χ1v) is 6.92. The van der Waals surface area contributed by atoms with E-state index in [2.05, 4.69) is 0 Å². The fraction of sp³-hybridized carbons (Fsp3) is 0.600. The average Bonchev–Trinajstić information content (AvgIpc) is 2.49. The Hall–Kier alpha value is -1.21. The van der Waals surface area contributed by atoms with Gasteiger partial charge in [0.05, 0.1) is 33.0 Å². The number of hydrogen-bond donors (Lipinski definition) is 1. The van der Waals surface area contributed by atoms with Crippen molar-refractivity contribution in [3.05, 3.63) is 29.6 Å². The first kappa shape index (κ1) is 17.8. The van der Waals surface area contributed by atoms with Gasteiger partial charge in [-0.2, -0.15) is 0 Å². The van der Waals surface area contributed by atoms with Gasteiger partial charge in [0.25, 0.3) is 0 Å². The number of halogens is 1. The number of nitrogens with two attached hydrogens (primary N) is 1. The summed E-state index contributed by atoms with van der Waals surface area (Å²) in [6, 6.07) is 4.29. The highest BCUT2D eigenvalue weighted by atomic mass is 19.1. The molecule has 0 amide bonds. The van der Waals surface area contributed by atoms with E-state index in [4.69, 9.17) is 24.7 Å². The van der Waals surface area contributed by atoms with Gasteiger partial charge in [-0.1, -0.05) is 6.07 Å². The number of ether oxygens (including phenoxy) is 4. The maximum absolute atomic E-state index is 13.5. The van der Waals surface area contributed by atoms with Crippen LogP contribution in [-0.2, 0) is 14.2 Å². The van der Waals surface area contributed by atoms with E-state index in [1.54, 1.807) is 19.2 Å². The van der Waals surface area contributed by atoms with Gasteiger partial charge in [-0.25, -0.2) is 4.39 Å². The van der Waals surface area contributed by atoms with Gasteiger partial charge < -0.3 is 24.7 Å². The fourth-order valence-corrected chi connectivity index (χ4v) is 1.75. The van der Waals surface area contributed by atoms with Gasteiger partial charge in [0.2, 0.25) is 0 Å². The molecule has 0 spiro atoms. The van der Waals surface area contributed by atoms with Crippen LogP contribution in [0.3, 0.4) is 0 Å². The Kier molecular flexibility index (Phi) is 8.93. The molecule has 0 fully saturated rings. The SMILES string of the molecule is COCCCOCCOCC(N)c1ccc(OC)c(F)c1. The Bertz CT molecular complexity index is 403. The van der Waals surface area contributed by atoms with Crippen LogP contribution in [0.25, 0.3) is 0 Å². The maximum atomic E-state index is 13.5. The molecule has 0 radical (unpaired) electrons. The molecule has 0 saturated carbocycles. The minimum Gasteiger partial charge on any atom is -0.494 e. The summed E-state index contributed by atoms with van der Waals surface area (Å²) in [5.74, 6) is -0.219. The van der Waals surface area contributed by atoms with Crippen molar-refractivity contribution in [1.29, 1.82) is 0 Å². The molecule has 120 valence electrons. The van der Waals surface area contributed by atoms with Crippen molar-refractivity contribution in [1.82, 2.24) is 0 Å². The molecular weight excluding hydrogens is 277 g/mol. The Morgan fingerprint density at radius 2 is 1.86 bits per heavy atom. The molecule has 2 N–H and O–H groups in total. The molecule has 1 aromatic rings. The van der Waals surface area contributed by atoms with Crippen LogP contribution < -0.4 is 10.5 Å². The third-order valence-electron chi connectivity index (χ3n) is 2.91. The first-order chi connectivity index (χ1) is 10.2. The Labute approximate surface area is 125 Å². The molecule has 0 aliphatic heterocycles. The van der Waals surface area contributed by atoms with Crippen LogP contribution in [0, 0.1) is 5.82 Å². The molecule has 5 nitrogen and oxygen atoms in total. The lowest BCUT2D eigenvalue weighted by molar-refractivity contribution is 0.0355. The molecule has 0 aromatic heterocycles. The molecular formula is C15H24FNO4. The predicted molar refractivity (Wildman–Crippen MR) is 78.0 cm³/mol. The summed E-state index contributed by atoms with van der Waals surface area (Å²) in [6.45, 7) is 2.61. The zero-order chi connectivity index (χ0) is 15.5. The third-order valence-corrected chi connectivity index (χ3v) is 2.91. The molecule has 0 bridgehead atoms. The van der Waals surface area contributed by atoms with Crippen molar-refractivity contribution >= 4 is 0 Å². The average molecular weight is 301 g/mol. The van der Waals surface area contributed by atoms with E-state index < -0.39 is 5.82 Å². The van der Waals surface area contributed by atoms with E-state index in [0.717, 1.165) is 6.42 Å². The molecule has 6 heteroatoms. The summed E-state index contributed by atoms with van der Waals surface area (Å²) in [5, 5.41) is 0. The zero-order valence-corrected chi connectivity index (χ0v) is 12.6. The molecule has 21 heavy (non-hydrogen) atoms. The van der Waals surface area contributed by atoms with E-state index in [9.17, 15) is 4.39 Å². The first-order valence-electron chi connectivity index (χ1n) is 6.92. The predicted octanol–water partition coefficient (Wildman–Crippen LogP) is 1.90. The van der Waals surface area contributed by atoms with Crippen LogP contribution >= 0.6 is 0 Å². The van der Waals surface area contributed by atoms with E-state index in [1.807, 2.05) is 0 Å². The second-order valence-corrected chi connectivity index (χ2v) is 4.53. The standard InChI is InChI=1S/C15H24FNO4/c1-18-6-3-7-20-8-9-21-11-14(17)12-4-5-15(19-2)13(16)10-12/h4-5,10,14H,3,6-9,11,17H2,1-2H3. The highest BCUT2D eigenvalue weighted by Gasteiger charge is 2.10. The van der Waals surface area contributed by atoms with Crippen LogP contribution in [-0.4, -0.2) is 47.3 Å².